The fourth-order valence-corrected chi connectivity index (χ4v) is 1.97. The van der Waals surface area contributed by atoms with Crippen molar-refractivity contribution in [3.63, 3.8) is 0 Å². The molecule has 0 aliphatic carbocycles. The molecule has 2 N–H and O–H groups in total. The second-order valence-electron chi connectivity index (χ2n) is 4.58. The lowest BCUT2D eigenvalue weighted by molar-refractivity contribution is -0.121. The maximum Gasteiger partial charge on any atom is 0.227 e. The monoisotopic (exact) mass is 262 g/mol. The summed E-state index contributed by atoms with van der Waals surface area (Å²) < 4.78 is 0. The van der Waals surface area contributed by atoms with Gasteiger partial charge in [0.1, 0.15) is 6.29 Å². The van der Waals surface area contributed by atoms with Gasteiger partial charge in [0.15, 0.2) is 0 Å². The number of benzene rings is 1. The number of rotatable bonds is 8. The van der Waals surface area contributed by atoms with Crippen LogP contribution in [0.15, 0.2) is 30.3 Å². The predicted octanol–water partition coefficient (Wildman–Crippen LogP) is 2.13. The molecule has 0 saturated carbocycles. The number of nitrogens with two attached hydrogens (primary N) is 1. The van der Waals surface area contributed by atoms with Gasteiger partial charge in [0.2, 0.25) is 5.91 Å². The molecule has 0 heterocycles. The van der Waals surface area contributed by atoms with Gasteiger partial charge >= 0.3 is 0 Å². The summed E-state index contributed by atoms with van der Waals surface area (Å²) in [6.07, 6.45) is 3.94. The summed E-state index contributed by atoms with van der Waals surface area (Å²) in [6.45, 7) is 2.39. The molecular formula is C15H22N2O2. The molecule has 0 aliphatic rings. The average molecular weight is 262 g/mol. The van der Waals surface area contributed by atoms with E-state index in [-0.39, 0.29) is 5.91 Å². The normalized spacial score (nSPS) is 11.9. The lowest BCUT2D eigenvalue weighted by atomic mass is 10.1. The highest BCUT2D eigenvalue weighted by molar-refractivity contribution is 5.96. The summed E-state index contributed by atoms with van der Waals surface area (Å²) in [6, 6.07) is 8.86. The van der Waals surface area contributed by atoms with Crippen LogP contribution in [0.25, 0.3) is 0 Å². The molecule has 19 heavy (non-hydrogen) atoms. The van der Waals surface area contributed by atoms with E-state index < -0.39 is 6.04 Å². The van der Waals surface area contributed by atoms with Crippen LogP contribution in [-0.2, 0) is 9.59 Å². The number of carbonyl (C=O) groups excluding carboxylic acids is 2. The van der Waals surface area contributed by atoms with Gasteiger partial charge < -0.3 is 15.4 Å². The molecule has 0 saturated heterocycles. The van der Waals surface area contributed by atoms with Crippen LogP contribution in [0.3, 0.4) is 0 Å². The molecule has 0 unspecified atom stereocenters. The van der Waals surface area contributed by atoms with Crippen molar-refractivity contribution in [3.8, 4) is 0 Å². The van der Waals surface area contributed by atoms with Crippen LogP contribution in [0.2, 0.25) is 0 Å². The molecule has 0 radical (unpaired) electrons. The molecule has 1 amide bonds. The largest absolute Gasteiger partial charge is 0.330 e. The standard InChI is InChI=1S/C15H22N2O2/c1-13(12-18)17(14-8-4-2-5-9-14)15(19)10-6-3-7-11-16/h2,4-5,8-9,12-13H,3,6-7,10-11,16H2,1H3/t13-/m0/s1. The quantitative estimate of drug-likeness (QED) is 0.576. The van der Waals surface area contributed by atoms with Crippen LogP contribution < -0.4 is 10.6 Å². The topological polar surface area (TPSA) is 63.4 Å². The van der Waals surface area contributed by atoms with Gasteiger partial charge in [-0.2, -0.15) is 0 Å². The van der Waals surface area contributed by atoms with E-state index in [9.17, 15) is 9.59 Å². The van der Waals surface area contributed by atoms with Gasteiger partial charge in [-0.05, 0) is 38.4 Å². The van der Waals surface area contributed by atoms with E-state index >= 15 is 0 Å². The highest BCUT2D eigenvalue weighted by Crippen LogP contribution is 2.18. The van der Waals surface area contributed by atoms with Crippen molar-refractivity contribution in [2.24, 2.45) is 5.73 Å². The first kappa shape index (κ1) is 15.4. The van der Waals surface area contributed by atoms with Gasteiger partial charge in [0.05, 0.1) is 6.04 Å². The number of aldehydes is 1. The maximum absolute atomic E-state index is 12.2. The number of hydrogen-bond donors (Lipinski definition) is 1. The summed E-state index contributed by atoms with van der Waals surface area (Å²) in [7, 11) is 0. The minimum absolute atomic E-state index is 0.0113. The molecule has 0 aliphatic heterocycles. The molecular weight excluding hydrogens is 240 g/mol. The van der Waals surface area contributed by atoms with Crippen LogP contribution in [0.4, 0.5) is 5.69 Å². The number of para-hydroxylation sites is 1. The molecule has 4 nitrogen and oxygen atoms in total. The summed E-state index contributed by atoms with van der Waals surface area (Å²) in [5.41, 5.74) is 6.19. The average Bonchev–Trinajstić information content (AvgIpc) is 2.45. The first-order valence-electron chi connectivity index (χ1n) is 6.73. The lowest BCUT2D eigenvalue weighted by Crippen LogP contribution is -2.39. The molecule has 0 fully saturated rings. The second kappa shape index (κ2) is 8.43. The van der Waals surface area contributed by atoms with Crippen molar-refractivity contribution in [2.45, 2.75) is 38.6 Å². The Labute approximate surface area is 114 Å². The fourth-order valence-electron chi connectivity index (χ4n) is 1.97. The zero-order chi connectivity index (χ0) is 14.1. The Balaban J connectivity index is 2.69. The first-order chi connectivity index (χ1) is 9.20. The van der Waals surface area contributed by atoms with E-state index in [2.05, 4.69) is 0 Å². The highest BCUT2D eigenvalue weighted by Gasteiger charge is 2.20. The zero-order valence-electron chi connectivity index (χ0n) is 11.4. The maximum atomic E-state index is 12.2. The number of amides is 1. The third-order valence-corrected chi connectivity index (χ3v) is 3.00. The molecule has 0 bridgehead atoms. The van der Waals surface area contributed by atoms with Crippen LogP contribution in [0.5, 0.6) is 0 Å². The SMILES string of the molecule is C[C@@H](C=O)N(C(=O)CCCCCN)c1ccccc1. The number of anilines is 1. The lowest BCUT2D eigenvalue weighted by Gasteiger charge is -2.26. The molecule has 4 heteroatoms. The summed E-state index contributed by atoms with van der Waals surface area (Å²) in [5, 5.41) is 0. The summed E-state index contributed by atoms with van der Waals surface area (Å²) >= 11 is 0. The minimum Gasteiger partial charge on any atom is -0.330 e. The van der Waals surface area contributed by atoms with Crippen LogP contribution in [0.1, 0.15) is 32.6 Å². The Bertz CT molecular complexity index is 392. The number of carbonyl (C=O) groups is 2. The van der Waals surface area contributed by atoms with Crippen molar-refractivity contribution in [2.75, 3.05) is 11.4 Å². The van der Waals surface area contributed by atoms with Crippen molar-refractivity contribution in [3.05, 3.63) is 30.3 Å². The van der Waals surface area contributed by atoms with Gasteiger partial charge in [-0.3, -0.25) is 4.79 Å². The number of unbranched alkanes of at least 4 members (excludes halogenated alkanes) is 2. The summed E-state index contributed by atoms with van der Waals surface area (Å²) in [5.74, 6) is -0.0113. The second-order valence-corrected chi connectivity index (χ2v) is 4.58. The third kappa shape index (κ3) is 4.83. The van der Waals surface area contributed by atoms with Crippen molar-refractivity contribution >= 4 is 17.9 Å². The Hall–Kier alpha value is -1.68. The molecule has 1 aromatic carbocycles. The predicted molar refractivity (Wildman–Crippen MR) is 77.0 cm³/mol. The Morgan fingerprint density at radius 2 is 1.95 bits per heavy atom. The van der Waals surface area contributed by atoms with E-state index in [0.717, 1.165) is 31.2 Å². The van der Waals surface area contributed by atoms with Gasteiger partial charge in [-0.1, -0.05) is 24.6 Å². The van der Waals surface area contributed by atoms with E-state index in [0.29, 0.717) is 13.0 Å². The molecule has 0 aromatic heterocycles. The minimum atomic E-state index is -0.440. The van der Waals surface area contributed by atoms with Gasteiger partial charge in [-0.25, -0.2) is 0 Å². The Morgan fingerprint density at radius 3 is 2.53 bits per heavy atom. The van der Waals surface area contributed by atoms with E-state index in [1.165, 1.54) is 0 Å². The highest BCUT2D eigenvalue weighted by atomic mass is 16.2. The molecule has 104 valence electrons. The van der Waals surface area contributed by atoms with Gasteiger partial charge in [0, 0.05) is 12.1 Å². The summed E-state index contributed by atoms with van der Waals surface area (Å²) in [4.78, 5) is 24.8. The first-order valence-corrected chi connectivity index (χ1v) is 6.73. The van der Waals surface area contributed by atoms with Crippen LogP contribution in [0, 0.1) is 0 Å². The van der Waals surface area contributed by atoms with Crippen molar-refractivity contribution in [1.29, 1.82) is 0 Å². The van der Waals surface area contributed by atoms with Crippen LogP contribution >= 0.6 is 0 Å². The zero-order valence-corrected chi connectivity index (χ0v) is 11.4. The van der Waals surface area contributed by atoms with Gasteiger partial charge in [-0.15, -0.1) is 0 Å². The molecule has 1 atom stereocenters. The third-order valence-electron chi connectivity index (χ3n) is 3.00. The Kier molecular flexibility index (Phi) is 6.82. The fraction of sp³-hybridized carbons (Fsp3) is 0.467. The van der Waals surface area contributed by atoms with Crippen LogP contribution in [-0.4, -0.2) is 24.8 Å². The Morgan fingerprint density at radius 1 is 1.26 bits per heavy atom. The van der Waals surface area contributed by atoms with E-state index in [1.54, 1.807) is 11.8 Å². The van der Waals surface area contributed by atoms with Crippen molar-refractivity contribution in [1.82, 2.24) is 0 Å². The molecule has 0 spiro atoms. The van der Waals surface area contributed by atoms with Crippen molar-refractivity contribution < 1.29 is 9.59 Å². The molecule has 1 rings (SSSR count). The van der Waals surface area contributed by atoms with E-state index in [4.69, 9.17) is 5.73 Å². The van der Waals surface area contributed by atoms with E-state index in [1.807, 2.05) is 30.3 Å². The van der Waals surface area contributed by atoms with Gasteiger partial charge in [0.25, 0.3) is 0 Å². The number of hydrogen-bond acceptors (Lipinski definition) is 3. The number of nitrogens with zero attached hydrogens (tertiary/aromatic N) is 1. The smallest absolute Gasteiger partial charge is 0.227 e. The molecule has 1 aromatic rings.